The summed E-state index contributed by atoms with van der Waals surface area (Å²) in [5.41, 5.74) is 0. The van der Waals surface area contributed by atoms with Crippen LogP contribution < -0.4 is 0 Å². The number of hydrogen-bond acceptors (Lipinski definition) is 1. The minimum Gasteiger partial charge on any atom is -0.264 e. The van der Waals surface area contributed by atoms with Crippen LogP contribution in [-0.2, 0) is 0 Å². The molecule has 2 aromatic carbocycles. The van der Waals surface area contributed by atoms with E-state index in [0.29, 0.717) is 0 Å². The van der Waals surface area contributed by atoms with E-state index in [9.17, 15) is 0 Å². The maximum absolute atomic E-state index is 4.16. The number of fused-ring (bicyclic) bond motifs is 3. The summed E-state index contributed by atoms with van der Waals surface area (Å²) in [7, 11) is 0. The maximum Gasteiger partial charge on any atom is 0.0352 e. The van der Waals surface area contributed by atoms with Crippen molar-refractivity contribution in [1.29, 1.82) is 0 Å². The van der Waals surface area contributed by atoms with Gasteiger partial charge in [0.1, 0.15) is 0 Å². The summed E-state index contributed by atoms with van der Waals surface area (Å²) in [4.78, 5) is 4.16. The van der Waals surface area contributed by atoms with Gasteiger partial charge in [-0.2, -0.15) is 0 Å². The van der Waals surface area contributed by atoms with E-state index in [1.54, 1.807) is 0 Å². The standard InChI is InChI=1S/C13H9N/c1-2-4-12-10(3-1)5-6-11-7-8-14-9-13(11)12/h1-9H. The van der Waals surface area contributed by atoms with Crippen LogP contribution in [0.1, 0.15) is 0 Å². The van der Waals surface area contributed by atoms with Crippen molar-refractivity contribution < 1.29 is 0 Å². The molecule has 0 spiro atoms. The normalized spacial score (nSPS) is 10.9. The van der Waals surface area contributed by atoms with Crippen molar-refractivity contribution in [1.82, 2.24) is 4.98 Å². The number of rotatable bonds is 0. The lowest BCUT2D eigenvalue weighted by Crippen LogP contribution is -1.78. The van der Waals surface area contributed by atoms with Crippen molar-refractivity contribution in [3.05, 3.63) is 54.9 Å². The van der Waals surface area contributed by atoms with Crippen LogP contribution in [0.3, 0.4) is 0 Å². The number of pyridine rings is 1. The van der Waals surface area contributed by atoms with Crippen LogP contribution in [0.2, 0.25) is 0 Å². The molecule has 0 atom stereocenters. The average Bonchev–Trinajstić information content (AvgIpc) is 2.29. The van der Waals surface area contributed by atoms with Crippen LogP contribution in [0.5, 0.6) is 0 Å². The third kappa shape index (κ3) is 0.990. The molecular formula is C13H9N. The van der Waals surface area contributed by atoms with Crippen molar-refractivity contribution in [2.75, 3.05) is 0 Å². The molecule has 0 fully saturated rings. The van der Waals surface area contributed by atoms with Gasteiger partial charge in [-0.15, -0.1) is 0 Å². The Morgan fingerprint density at radius 1 is 0.714 bits per heavy atom. The molecule has 1 nitrogen and oxygen atoms in total. The van der Waals surface area contributed by atoms with Gasteiger partial charge in [0.15, 0.2) is 0 Å². The monoisotopic (exact) mass is 179 g/mol. The summed E-state index contributed by atoms with van der Waals surface area (Å²) < 4.78 is 0. The van der Waals surface area contributed by atoms with Gasteiger partial charge in [0, 0.05) is 17.8 Å². The largest absolute Gasteiger partial charge is 0.264 e. The van der Waals surface area contributed by atoms with Crippen LogP contribution in [-0.4, -0.2) is 4.98 Å². The molecule has 66 valence electrons. The molecule has 1 aromatic heterocycles. The van der Waals surface area contributed by atoms with Gasteiger partial charge in [0.2, 0.25) is 0 Å². The zero-order valence-corrected chi connectivity index (χ0v) is 7.64. The van der Waals surface area contributed by atoms with E-state index in [-0.39, 0.29) is 0 Å². The second-order valence-electron chi connectivity index (χ2n) is 3.38. The molecule has 1 heteroatoms. The molecule has 0 aliphatic rings. The first-order valence-electron chi connectivity index (χ1n) is 4.67. The lowest BCUT2D eigenvalue weighted by Gasteiger charge is -2.01. The molecule has 1 heterocycles. The molecule has 0 radical (unpaired) electrons. The minimum absolute atomic E-state index is 1.23. The summed E-state index contributed by atoms with van der Waals surface area (Å²) in [6.07, 6.45) is 3.76. The molecular weight excluding hydrogens is 170 g/mol. The molecule has 0 aliphatic carbocycles. The molecule has 0 unspecified atom stereocenters. The minimum atomic E-state index is 1.23. The molecule has 0 aliphatic heterocycles. The van der Waals surface area contributed by atoms with Gasteiger partial charge in [-0.05, 0) is 22.2 Å². The average molecular weight is 179 g/mol. The van der Waals surface area contributed by atoms with Crippen molar-refractivity contribution in [2.45, 2.75) is 0 Å². The first kappa shape index (κ1) is 7.51. The highest BCUT2D eigenvalue weighted by Crippen LogP contribution is 2.23. The molecule has 0 bridgehead atoms. The third-order valence-electron chi connectivity index (χ3n) is 2.55. The molecule has 14 heavy (non-hydrogen) atoms. The van der Waals surface area contributed by atoms with E-state index < -0.39 is 0 Å². The lowest BCUT2D eigenvalue weighted by molar-refractivity contribution is 1.37. The van der Waals surface area contributed by atoms with E-state index in [4.69, 9.17) is 0 Å². The predicted molar refractivity (Wildman–Crippen MR) is 59.2 cm³/mol. The first-order chi connectivity index (χ1) is 6.95. The zero-order chi connectivity index (χ0) is 9.38. The highest BCUT2D eigenvalue weighted by molar-refractivity contribution is 6.06. The van der Waals surface area contributed by atoms with Crippen molar-refractivity contribution in [3.8, 4) is 0 Å². The Hall–Kier alpha value is -1.89. The molecule has 0 saturated carbocycles. The summed E-state index contributed by atoms with van der Waals surface area (Å²) in [5, 5.41) is 5.02. The van der Waals surface area contributed by atoms with Crippen LogP contribution in [0, 0.1) is 0 Å². The van der Waals surface area contributed by atoms with E-state index >= 15 is 0 Å². The van der Waals surface area contributed by atoms with Gasteiger partial charge in [-0.3, -0.25) is 4.98 Å². The molecule has 0 amide bonds. The summed E-state index contributed by atoms with van der Waals surface area (Å²) in [5.74, 6) is 0. The quantitative estimate of drug-likeness (QED) is 0.482. The predicted octanol–water partition coefficient (Wildman–Crippen LogP) is 3.39. The van der Waals surface area contributed by atoms with E-state index in [1.165, 1.54) is 21.5 Å². The fourth-order valence-electron chi connectivity index (χ4n) is 1.84. The second kappa shape index (κ2) is 2.81. The van der Waals surface area contributed by atoms with Crippen molar-refractivity contribution in [3.63, 3.8) is 0 Å². The van der Waals surface area contributed by atoms with Crippen LogP contribution in [0.15, 0.2) is 54.9 Å². The highest BCUT2D eigenvalue weighted by atomic mass is 14.6. The lowest BCUT2D eigenvalue weighted by atomic mass is 10.0. The van der Waals surface area contributed by atoms with Crippen molar-refractivity contribution in [2.24, 2.45) is 0 Å². The number of nitrogens with zero attached hydrogens (tertiary/aromatic N) is 1. The van der Waals surface area contributed by atoms with Crippen LogP contribution in [0.25, 0.3) is 21.5 Å². The first-order valence-corrected chi connectivity index (χ1v) is 4.67. The second-order valence-corrected chi connectivity index (χ2v) is 3.38. The van der Waals surface area contributed by atoms with Gasteiger partial charge in [0.05, 0.1) is 0 Å². The molecule has 0 saturated heterocycles. The highest BCUT2D eigenvalue weighted by Gasteiger charge is 1.97. The fraction of sp³-hybridized carbons (Fsp3) is 0. The Morgan fingerprint density at radius 2 is 1.50 bits per heavy atom. The smallest absolute Gasteiger partial charge is 0.0352 e. The molecule has 3 aromatic rings. The van der Waals surface area contributed by atoms with Crippen molar-refractivity contribution >= 4 is 21.5 Å². The Morgan fingerprint density at radius 3 is 2.43 bits per heavy atom. The van der Waals surface area contributed by atoms with E-state index in [1.807, 2.05) is 18.5 Å². The van der Waals surface area contributed by atoms with Gasteiger partial charge in [-0.1, -0.05) is 36.4 Å². The Balaban J connectivity index is 2.61. The van der Waals surface area contributed by atoms with Crippen LogP contribution >= 0.6 is 0 Å². The SMILES string of the molecule is c1ccc2c(c1)ccc1ccncc12. The summed E-state index contributed by atoms with van der Waals surface area (Å²) >= 11 is 0. The van der Waals surface area contributed by atoms with Gasteiger partial charge >= 0.3 is 0 Å². The number of aromatic nitrogens is 1. The van der Waals surface area contributed by atoms with E-state index in [0.717, 1.165) is 0 Å². The Kier molecular flexibility index (Phi) is 1.51. The maximum atomic E-state index is 4.16. The van der Waals surface area contributed by atoms with Gasteiger partial charge in [-0.25, -0.2) is 0 Å². The third-order valence-corrected chi connectivity index (χ3v) is 2.55. The zero-order valence-electron chi connectivity index (χ0n) is 7.64. The number of hydrogen-bond donors (Lipinski definition) is 0. The summed E-state index contributed by atoms with van der Waals surface area (Å²) in [6, 6.07) is 14.7. The topological polar surface area (TPSA) is 12.9 Å². The van der Waals surface area contributed by atoms with Crippen LogP contribution in [0.4, 0.5) is 0 Å². The Labute approximate surface area is 82.0 Å². The summed E-state index contributed by atoms with van der Waals surface area (Å²) in [6.45, 7) is 0. The van der Waals surface area contributed by atoms with E-state index in [2.05, 4.69) is 41.4 Å². The molecule has 3 rings (SSSR count). The fourth-order valence-corrected chi connectivity index (χ4v) is 1.84. The Bertz CT molecular complexity index is 544. The van der Waals surface area contributed by atoms with Gasteiger partial charge in [0.25, 0.3) is 0 Å². The van der Waals surface area contributed by atoms with Gasteiger partial charge < -0.3 is 0 Å². The molecule has 0 N–H and O–H groups in total. The number of benzene rings is 2.